The number of nitrogens with zero attached hydrogens (tertiary/aromatic N) is 3. The zero-order valence-corrected chi connectivity index (χ0v) is 8.42. The third-order valence-electron chi connectivity index (χ3n) is 2.17. The van der Waals surface area contributed by atoms with Gasteiger partial charge in [-0.2, -0.15) is 5.10 Å². The summed E-state index contributed by atoms with van der Waals surface area (Å²) in [5.74, 6) is -0.510. The van der Waals surface area contributed by atoms with Gasteiger partial charge in [0.1, 0.15) is 5.82 Å². The molecule has 0 saturated heterocycles. The molecule has 0 unspecified atom stereocenters. The fourth-order valence-electron chi connectivity index (χ4n) is 1.46. The van der Waals surface area contributed by atoms with E-state index >= 15 is 0 Å². The van der Waals surface area contributed by atoms with Crippen LogP contribution in [0.1, 0.15) is 0 Å². The Bertz CT molecular complexity index is 551. The van der Waals surface area contributed by atoms with Crippen LogP contribution in [0, 0.1) is 15.9 Å². The van der Waals surface area contributed by atoms with Crippen LogP contribution in [-0.2, 0) is 7.05 Å². The van der Waals surface area contributed by atoms with Crippen molar-refractivity contribution in [3.05, 3.63) is 46.5 Å². The van der Waals surface area contributed by atoms with Crippen LogP contribution in [0.3, 0.4) is 0 Å². The molecule has 0 amide bonds. The maximum Gasteiger partial charge on any atom is 0.277 e. The molecule has 0 saturated carbocycles. The Labute approximate surface area is 90.3 Å². The SMILES string of the molecule is Cn1cc(-c2cc(F)ccc2[N+](=O)[O-])cn1. The average molecular weight is 221 g/mol. The van der Waals surface area contributed by atoms with Crippen molar-refractivity contribution in [1.29, 1.82) is 0 Å². The van der Waals surface area contributed by atoms with E-state index in [2.05, 4.69) is 5.10 Å². The number of halogens is 1. The number of aryl methyl sites for hydroxylation is 1. The van der Waals surface area contributed by atoms with Gasteiger partial charge in [0.25, 0.3) is 5.69 Å². The fourth-order valence-corrected chi connectivity index (χ4v) is 1.46. The lowest BCUT2D eigenvalue weighted by Crippen LogP contribution is -1.92. The number of nitro benzene ring substituents is 1. The Kier molecular flexibility index (Phi) is 2.40. The van der Waals surface area contributed by atoms with Crippen LogP contribution >= 0.6 is 0 Å². The molecule has 2 aromatic rings. The van der Waals surface area contributed by atoms with Gasteiger partial charge in [-0.05, 0) is 12.1 Å². The molecule has 0 radical (unpaired) electrons. The van der Waals surface area contributed by atoms with Crippen LogP contribution in [0.5, 0.6) is 0 Å². The predicted molar refractivity (Wildman–Crippen MR) is 55.3 cm³/mol. The molecule has 0 N–H and O–H groups in total. The standard InChI is InChI=1S/C10H8FN3O2/c1-13-6-7(5-12-13)9-4-8(11)2-3-10(9)14(15)16/h2-6H,1H3. The van der Waals surface area contributed by atoms with E-state index in [4.69, 9.17) is 0 Å². The minimum absolute atomic E-state index is 0.130. The van der Waals surface area contributed by atoms with Gasteiger partial charge in [-0.1, -0.05) is 0 Å². The van der Waals surface area contributed by atoms with E-state index in [0.29, 0.717) is 5.56 Å². The van der Waals surface area contributed by atoms with Crippen LogP contribution in [0.4, 0.5) is 10.1 Å². The van der Waals surface area contributed by atoms with Crippen LogP contribution in [-0.4, -0.2) is 14.7 Å². The molecule has 1 aromatic carbocycles. The van der Waals surface area contributed by atoms with E-state index in [1.54, 1.807) is 13.2 Å². The Morgan fingerprint density at radius 2 is 2.25 bits per heavy atom. The maximum atomic E-state index is 13.1. The van der Waals surface area contributed by atoms with Gasteiger partial charge < -0.3 is 0 Å². The topological polar surface area (TPSA) is 61.0 Å². The van der Waals surface area contributed by atoms with E-state index in [-0.39, 0.29) is 11.3 Å². The third kappa shape index (κ3) is 1.77. The Morgan fingerprint density at radius 3 is 2.81 bits per heavy atom. The number of nitro groups is 1. The first kappa shape index (κ1) is 10.3. The molecule has 6 heteroatoms. The molecule has 1 heterocycles. The molecular formula is C10H8FN3O2. The first-order valence-electron chi connectivity index (χ1n) is 4.51. The highest BCUT2D eigenvalue weighted by Crippen LogP contribution is 2.29. The number of hydrogen-bond donors (Lipinski definition) is 0. The molecule has 0 spiro atoms. The summed E-state index contributed by atoms with van der Waals surface area (Å²) in [7, 11) is 1.69. The molecule has 0 aliphatic carbocycles. The minimum Gasteiger partial charge on any atom is -0.275 e. The number of hydrogen-bond acceptors (Lipinski definition) is 3. The maximum absolute atomic E-state index is 13.1. The Balaban J connectivity index is 2.62. The largest absolute Gasteiger partial charge is 0.277 e. The smallest absolute Gasteiger partial charge is 0.275 e. The van der Waals surface area contributed by atoms with Crippen LogP contribution in [0.15, 0.2) is 30.6 Å². The summed E-state index contributed by atoms with van der Waals surface area (Å²) in [4.78, 5) is 10.2. The van der Waals surface area contributed by atoms with E-state index in [0.717, 1.165) is 18.2 Å². The van der Waals surface area contributed by atoms with Crippen molar-refractivity contribution in [3.63, 3.8) is 0 Å². The van der Waals surface area contributed by atoms with E-state index in [9.17, 15) is 14.5 Å². The Morgan fingerprint density at radius 1 is 1.50 bits per heavy atom. The molecule has 5 nitrogen and oxygen atoms in total. The number of aromatic nitrogens is 2. The van der Waals surface area contributed by atoms with Gasteiger partial charge in [0.15, 0.2) is 0 Å². The van der Waals surface area contributed by atoms with Crippen molar-refractivity contribution in [3.8, 4) is 11.1 Å². The van der Waals surface area contributed by atoms with Gasteiger partial charge in [-0.25, -0.2) is 4.39 Å². The highest BCUT2D eigenvalue weighted by molar-refractivity contribution is 5.72. The fraction of sp³-hybridized carbons (Fsp3) is 0.100. The van der Waals surface area contributed by atoms with E-state index in [1.165, 1.54) is 10.9 Å². The quantitative estimate of drug-likeness (QED) is 0.576. The highest BCUT2D eigenvalue weighted by Gasteiger charge is 2.16. The highest BCUT2D eigenvalue weighted by atomic mass is 19.1. The van der Waals surface area contributed by atoms with Crippen LogP contribution in [0.25, 0.3) is 11.1 Å². The average Bonchev–Trinajstić information content (AvgIpc) is 2.64. The van der Waals surface area contributed by atoms with Gasteiger partial charge in [0, 0.05) is 24.9 Å². The predicted octanol–water partition coefficient (Wildman–Crippen LogP) is 2.13. The van der Waals surface area contributed by atoms with Crippen molar-refractivity contribution >= 4 is 5.69 Å². The van der Waals surface area contributed by atoms with Crippen molar-refractivity contribution in [1.82, 2.24) is 9.78 Å². The van der Waals surface area contributed by atoms with Crippen LogP contribution < -0.4 is 0 Å². The van der Waals surface area contributed by atoms with Crippen LogP contribution in [0.2, 0.25) is 0 Å². The molecule has 0 atom stereocenters. The second-order valence-corrected chi connectivity index (χ2v) is 3.32. The van der Waals surface area contributed by atoms with Crippen molar-refractivity contribution in [2.45, 2.75) is 0 Å². The second-order valence-electron chi connectivity index (χ2n) is 3.32. The lowest BCUT2D eigenvalue weighted by atomic mass is 10.1. The van der Waals surface area contributed by atoms with E-state index in [1.807, 2.05) is 0 Å². The lowest BCUT2D eigenvalue weighted by Gasteiger charge is -1.99. The zero-order valence-electron chi connectivity index (χ0n) is 8.42. The molecule has 0 bridgehead atoms. The normalized spacial score (nSPS) is 10.4. The van der Waals surface area contributed by atoms with Crippen molar-refractivity contribution in [2.24, 2.45) is 7.05 Å². The van der Waals surface area contributed by atoms with Gasteiger partial charge >= 0.3 is 0 Å². The van der Waals surface area contributed by atoms with Gasteiger partial charge in [-0.15, -0.1) is 0 Å². The summed E-state index contributed by atoms with van der Waals surface area (Å²) < 4.78 is 14.6. The summed E-state index contributed by atoms with van der Waals surface area (Å²) >= 11 is 0. The molecule has 0 aliphatic rings. The molecular weight excluding hydrogens is 213 g/mol. The van der Waals surface area contributed by atoms with Gasteiger partial charge in [0.05, 0.1) is 16.7 Å². The molecule has 16 heavy (non-hydrogen) atoms. The van der Waals surface area contributed by atoms with Gasteiger partial charge in [-0.3, -0.25) is 14.8 Å². The number of rotatable bonds is 2. The third-order valence-corrected chi connectivity index (χ3v) is 2.17. The number of benzene rings is 1. The monoisotopic (exact) mass is 221 g/mol. The summed E-state index contributed by atoms with van der Waals surface area (Å²) in [6, 6.07) is 3.35. The molecule has 2 rings (SSSR count). The second kappa shape index (κ2) is 3.73. The van der Waals surface area contributed by atoms with Crippen molar-refractivity contribution < 1.29 is 9.31 Å². The summed E-state index contributed by atoms with van der Waals surface area (Å²) in [5.41, 5.74) is 0.626. The Hall–Kier alpha value is -2.24. The molecule has 82 valence electrons. The van der Waals surface area contributed by atoms with Gasteiger partial charge in [0.2, 0.25) is 0 Å². The lowest BCUT2D eigenvalue weighted by molar-refractivity contribution is -0.384. The molecule has 0 fully saturated rings. The first-order valence-corrected chi connectivity index (χ1v) is 4.51. The summed E-state index contributed by atoms with van der Waals surface area (Å²) in [6.07, 6.45) is 3.06. The zero-order chi connectivity index (χ0) is 11.7. The minimum atomic E-state index is -0.540. The summed E-state index contributed by atoms with van der Waals surface area (Å²) in [5, 5.41) is 14.7. The van der Waals surface area contributed by atoms with Crippen molar-refractivity contribution in [2.75, 3.05) is 0 Å². The van der Waals surface area contributed by atoms with E-state index < -0.39 is 10.7 Å². The first-order chi connectivity index (χ1) is 7.58. The summed E-state index contributed by atoms with van der Waals surface area (Å²) in [6.45, 7) is 0. The molecule has 0 aliphatic heterocycles. The molecule has 1 aromatic heterocycles.